The minimum atomic E-state index is -0.196. The van der Waals surface area contributed by atoms with Gasteiger partial charge in [-0.25, -0.2) is 0 Å². The summed E-state index contributed by atoms with van der Waals surface area (Å²) in [5.74, 6) is -0.196. The second-order valence-electron chi connectivity index (χ2n) is 7.32. The highest BCUT2D eigenvalue weighted by molar-refractivity contribution is 6.03. The Kier molecular flexibility index (Phi) is 5.12. The van der Waals surface area contributed by atoms with Crippen molar-refractivity contribution in [2.75, 3.05) is 43.4 Å². The number of hydrogen-bond acceptors (Lipinski definition) is 4. The van der Waals surface area contributed by atoms with Crippen molar-refractivity contribution in [3.05, 3.63) is 65.9 Å². The van der Waals surface area contributed by atoms with Crippen LogP contribution in [0.1, 0.15) is 16.1 Å². The molecule has 2 N–H and O–H groups in total. The van der Waals surface area contributed by atoms with Gasteiger partial charge in [0.1, 0.15) is 5.69 Å². The molecule has 0 atom stereocenters. The van der Waals surface area contributed by atoms with E-state index < -0.39 is 0 Å². The monoisotopic (exact) mass is 375 g/mol. The lowest BCUT2D eigenvalue weighted by atomic mass is 10.1. The quantitative estimate of drug-likeness (QED) is 0.734. The summed E-state index contributed by atoms with van der Waals surface area (Å²) in [5.41, 5.74) is 5.34. The first kappa shape index (κ1) is 18.3. The van der Waals surface area contributed by atoms with Gasteiger partial charge in [-0.2, -0.15) is 5.10 Å². The molecule has 0 spiro atoms. The molecular formula is C22H25N5O. The number of aromatic nitrogens is 2. The van der Waals surface area contributed by atoms with Crippen molar-refractivity contribution < 1.29 is 4.79 Å². The Morgan fingerprint density at radius 3 is 2.36 bits per heavy atom. The van der Waals surface area contributed by atoms with Crippen molar-refractivity contribution in [1.82, 2.24) is 15.1 Å². The molecule has 144 valence electrons. The first-order valence-electron chi connectivity index (χ1n) is 9.56. The van der Waals surface area contributed by atoms with Crippen LogP contribution in [0.4, 0.5) is 11.4 Å². The maximum Gasteiger partial charge on any atom is 0.273 e. The number of rotatable bonds is 4. The van der Waals surface area contributed by atoms with Crippen LogP contribution in [0.3, 0.4) is 0 Å². The summed E-state index contributed by atoms with van der Waals surface area (Å²) in [7, 11) is 2.15. The van der Waals surface area contributed by atoms with Crippen LogP contribution in [0.5, 0.6) is 0 Å². The average Bonchev–Trinajstić information content (AvgIpc) is 3.20. The second-order valence-corrected chi connectivity index (χ2v) is 7.32. The number of carbonyl (C=O) groups is 1. The number of anilines is 2. The lowest BCUT2D eigenvalue weighted by Crippen LogP contribution is -2.44. The van der Waals surface area contributed by atoms with Crippen LogP contribution in [0.2, 0.25) is 0 Å². The van der Waals surface area contributed by atoms with Crippen molar-refractivity contribution in [2.24, 2.45) is 0 Å². The number of H-pyrrole nitrogens is 1. The summed E-state index contributed by atoms with van der Waals surface area (Å²) >= 11 is 0. The van der Waals surface area contributed by atoms with E-state index in [4.69, 9.17) is 0 Å². The minimum absolute atomic E-state index is 0.196. The molecule has 0 unspecified atom stereocenters. The van der Waals surface area contributed by atoms with Crippen molar-refractivity contribution in [3.63, 3.8) is 0 Å². The SMILES string of the molecule is Cc1ccc(-c2cc(C(=O)Nc3ccc(N4CCN(C)CC4)cc3)[nH]n2)cc1. The highest BCUT2D eigenvalue weighted by atomic mass is 16.1. The molecule has 1 amide bonds. The van der Waals surface area contributed by atoms with Crippen LogP contribution in [-0.2, 0) is 0 Å². The number of nitrogens with zero attached hydrogens (tertiary/aromatic N) is 3. The van der Waals surface area contributed by atoms with E-state index in [0.717, 1.165) is 43.1 Å². The molecule has 3 aromatic rings. The fourth-order valence-corrected chi connectivity index (χ4v) is 3.33. The Bertz CT molecular complexity index is 938. The molecule has 0 bridgehead atoms. The van der Waals surface area contributed by atoms with Crippen molar-refractivity contribution >= 4 is 17.3 Å². The van der Waals surface area contributed by atoms with E-state index in [0.29, 0.717) is 5.69 Å². The number of benzene rings is 2. The molecule has 0 saturated carbocycles. The maximum absolute atomic E-state index is 12.5. The van der Waals surface area contributed by atoms with E-state index in [1.165, 1.54) is 11.3 Å². The van der Waals surface area contributed by atoms with Crippen molar-refractivity contribution in [1.29, 1.82) is 0 Å². The van der Waals surface area contributed by atoms with Gasteiger partial charge in [0, 0.05) is 43.1 Å². The molecule has 4 rings (SSSR count). The fourth-order valence-electron chi connectivity index (χ4n) is 3.33. The maximum atomic E-state index is 12.5. The number of amides is 1. The summed E-state index contributed by atoms with van der Waals surface area (Å²) in [6.45, 7) is 6.24. The smallest absolute Gasteiger partial charge is 0.273 e. The van der Waals surface area contributed by atoms with E-state index in [1.807, 2.05) is 43.3 Å². The highest BCUT2D eigenvalue weighted by Crippen LogP contribution is 2.21. The van der Waals surface area contributed by atoms with E-state index >= 15 is 0 Å². The summed E-state index contributed by atoms with van der Waals surface area (Å²) in [6, 6.07) is 17.9. The molecule has 1 aliphatic heterocycles. The van der Waals surface area contributed by atoms with E-state index in [1.54, 1.807) is 6.07 Å². The Labute approximate surface area is 165 Å². The molecule has 28 heavy (non-hydrogen) atoms. The Morgan fingerprint density at radius 1 is 1.00 bits per heavy atom. The summed E-state index contributed by atoms with van der Waals surface area (Å²) < 4.78 is 0. The van der Waals surface area contributed by atoms with Gasteiger partial charge in [0.15, 0.2) is 0 Å². The molecule has 1 saturated heterocycles. The Morgan fingerprint density at radius 2 is 1.68 bits per heavy atom. The Balaban J connectivity index is 1.40. The third-order valence-electron chi connectivity index (χ3n) is 5.16. The van der Waals surface area contributed by atoms with Crippen molar-refractivity contribution in [2.45, 2.75) is 6.92 Å². The van der Waals surface area contributed by atoms with E-state index in [-0.39, 0.29) is 5.91 Å². The number of likely N-dealkylation sites (N-methyl/N-ethyl adjacent to an activating group) is 1. The highest BCUT2D eigenvalue weighted by Gasteiger charge is 2.15. The van der Waals surface area contributed by atoms with Gasteiger partial charge in [-0.05, 0) is 44.3 Å². The first-order valence-corrected chi connectivity index (χ1v) is 9.56. The minimum Gasteiger partial charge on any atom is -0.369 e. The Hall–Kier alpha value is -3.12. The zero-order valence-corrected chi connectivity index (χ0v) is 16.3. The van der Waals surface area contributed by atoms with Crippen molar-refractivity contribution in [3.8, 4) is 11.3 Å². The predicted octanol–water partition coefficient (Wildman–Crippen LogP) is 3.39. The molecule has 6 heteroatoms. The van der Waals surface area contributed by atoms with E-state index in [9.17, 15) is 4.79 Å². The van der Waals surface area contributed by atoms with Gasteiger partial charge in [0.2, 0.25) is 0 Å². The summed E-state index contributed by atoms with van der Waals surface area (Å²) in [5, 5.41) is 10.0. The third-order valence-corrected chi connectivity index (χ3v) is 5.16. The van der Waals surface area contributed by atoms with Gasteiger partial charge in [-0.3, -0.25) is 9.89 Å². The van der Waals surface area contributed by atoms with Gasteiger partial charge >= 0.3 is 0 Å². The topological polar surface area (TPSA) is 64.3 Å². The van der Waals surface area contributed by atoms with Gasteiger partial charge < -0.3 is 15.1 Å². The third kappa shape index (κ3) is 4.07. The zero-order chi connectivity index (χ0) is 19.5. The van der Waals surface area contributed by atoms with Crippen LogP contribution in [0.25, 0.3) is 11.3 Å². The standard InChI is InChI=1S/C22H25N5O/c1-16-3-5-17(6-4-16)20-15-21(25-24-20)22(28)23-18-7-9-19(10-8-18)27-13-11-26(2)12-14-27/h3-10,15H,11-14H2,1-2H3,(H,23,28)(H,24,25). The van der Waals surface area contributed by atoms with Crippen LogP contribution < -0.4 is 10.2 Å². The van der Waals surface area contributed by atoms with Crippen LogP contribution in [0, 0.1) is 6.92 Å². The van der Waals surface area contributed by atoms with Crippen LogP contribution >= 0.6 is 0 Å². The molecule has 1 fully saturated rings. The lowest BCUT2D eigenvalue weighted by molar-refractivity contribution is 0.102. The zero-order valence-electron chi connectivity index (χ0n) is 16.3. The fraction of sp³-hybridized carbons (Fsp3) is 0.273. The van der Waals surface area contributed by atoms with Gasteiger partial charge in [-0.15, -0.1) is 0 Å². The molecule has 6 nitrogen and oxygen atoms in total. The molecule has 0 aliphatic carbocycles. The van der Waals surface area contributed by atoms with Gasteiger partial charge in [0.05, 0.1) is 5.69 Å². The molecule has 2 heterocycles. The summed E-state index contributed by atoms with van der Waals surface area (Å²) in [6.07, 6.45) is 0. The largest absolute Gasteiger partial charge is 0.369 e. The molecular weight excluding hydrogens is 350 g/mol. The molecule has 1 aromatic heterocycles. The molecule has 2 aromatic carbocycles. The normalized spacial score (nSPS) is 14.9. The average molecular weight is 375 g/mol. The first-order chi connectivity index (χ1) is 13.6. The summed E-state index contributed by atoms with van der Waals surface area (Å²) in [4.78, 5) is 17.2. The number of nitrogens with one attached hydrogen (secondary N) is 2. The van der Waals surface area contributed by atoms with Crippen LogP contribution in [0.15, 0.2) is 54.6 Å². The lowest BCUT2D eigenvalue weighted by Gasteiger charge is -2.34. The second kappa shape index (κ2) is 7.86. The number of aromatic amines is 1. The van der Waals surface area contributed by atoms with Gasteiger partial charge in [-0.1, -0.05) is 29.8 Å². The predicted molar refractivity (Wildman–Crippen MR) is 113 cm³/mol. The van der Waals surface area contributed by atoms with Gasteiger partial charge in [0.25, 0.3) is 5.91 Å². The number of aryl methyl sites for hydroxylation is 1. The van der Waals surface area contributed by atoms with E-state index in [2.05, 4.69) is 44.5 Å². The molecule has 0 radical (unpaired) electrons. The number of piperazine rings is 1. The number of hydrogen-bond donors (Lipinski definition) is 2. The number of carbonyl (C=O) groups excluding carboxylic acids is 1. The molecule has 1 aliphatic rings. The van der Waals surface area contributed by atoms with Crippen LogP contribution in [-0.4, -0.2) is 54.2 Å².